The monoisotopic (exact) mass is 194 g/mol. The number of nitrogens with one attached hydrogen (secondary N) is 1. The van der Waals surface area contributed by atoms with Crippen LogP contribution in [0, 0.1) is 6.92 Å². The number of hydrogen-bond acceptors (Lipinski definition) is 3. The molecule has 0 aliphatic rings. The molecule has 0 aliphatic carbocycles. The van der Waals surface area contributed by atoms with Crippen molar-refractivity contribution in [3.05, 3.63) is 33.2 Å². The van der Waals surface area contributed by atoms with E-state index in [-0.39, 0.29) is 11.3 Å². The molecule has 14 heavy (non-hydrogen) atoms. The van der Waals surface area contributed by atoms with E-state index in [1.54, 1.807) is 6.92 Å². The van der Waals surface area contributed by atoms with Crippen LogP contribution >= 0.6 is 0 Å². The third-order valence-electron chi connectivity index (χ3n) is 1.88. The van der Waals surface area contributed by atoms with Gasteiger partial charge in [-0.15, -0.1) is 0 Å². The fourth-order valence-corrected chi connectivity index (χ4v) is 1.17. The Bertz CT molecular complexity index is 460. The molecular formula is C9H10N2O3. The van der Waals surface area contributed by atoms with Crippen LogP contribution in [0.1, 0.15) is 33.3 Å². The van der Waals surface area contributed by atoms with Gasteiger partial charge in [-0.25, -0.2) is 0 Å². The Morgan fingerprint density at radius 3 is 2.36 bits per heavy atom. The van der Waals surface area contributed by atoms with Crippen LogP contribution in [0.5, 0.6) is 0 Å². The van der Waals surface area contributed by atoms with Crippen LogP contribution in [0.2, 0.25) is 0 Å². The van der Waals surface area contributed by atoms with Crippen molar-refractivity contribution in [3.8, 4) is 0 Å². The molecule has 0 spiro atoms. The highest BCUT2D eigenvalue weighted by molar-refractivity contribution is 5.99. The number of nitrogens with two attached hydrogens (primary N) is 1. The molecule has 5 nitrogen and oxygen atoms in total. The molecule has 1 rings (SSSR count). The largest absolute Gasteiger partial charge is 0.365 e. The average molecular weight is 194 g/mol. The molecule has 0 unspecified atom stereocenters. The lowest BCUT2D eigenvalue weighted by Gasteiger charge is -2.02. The molecule has 0 aliphatic heterocycles. The Morgan fingerprint density at radius 1 is 1.36 bits per heavy atom. The van der Waals surface area contributed by atoms with Gasteiger partial charge >= 0.3 is 0 Å². The van der Waals surface area contributed by atoms with Crippen molar-refractivity contribution in [1.29, 1.82) is 0 Å². The van der Waals surface area contributed by atoms with Crippen LogP contribution in [0.4, 0.5) is 0 Å². The second kappa shape index (κ2) is 3.45. The first-order valence-electron chi connectivity index (χ1n) is 3.98. The lowest BCUT2D eigenvalue weighted by molar-refractivity contribution is 0.0999. The van der Waals surface area contributed by atoms with E-state index >= 15 is 0 Å². The zero-order valence-electron chi connectivity index (χ0n) is 7.88. The van der Waals surface area contributed by atoms with Crippen LogP contribution in [0.25, 0.3) is 0 Å². The van der Waals surface area contributed by atoms with E-state index in [4.69, 9.17) is 5.73 Å². The van der Waals surface area contributed by atoms with Crippen molar-refractivity contribution in [2.75, 3.05) is 0 Å². The van der Waals surface area contributed by atoms with Crippen molar-refractivity contribution in [1.82, 2.24) is 4.98 Å². The van der Waals surface area contributed by atoms with Crippen LogP contribution in [0.3, 0.4) is 0 Å². The Balaban J connectivity index is 3.50. The molecule has 74 valence electrons. The summed E-state index contributed by atoms with van der Waals surface area (Å²) < 4.78 is 0. The van der Waals surface area contributed by atoms with Gasteiger partial charge in [0.1, 0.15) is 5.56 Å². The van der Waals surface area contributed by atoms with Crippen molar-refractivity contribution >= 4 is 11.7 Å². The number of pyridine rings is 1. The minimum atomic E-state index is -0.839. The van der Waals surface area contributed by atoms with Crippen molar-refractivity contribution in [2.45, 2.75) is 13.8 Å². The smallest absolute Gasteiger partial charge is 0.261 e. The minimum Gasteiger partial charge on any atom is -0.365 e. The number of amides is 1. The highest BCUT2D eigenvalue weighted by Crippen LogP contribution is 2.05. The molecule has 0 atom stereocenters. The number of aryl methyl sites for hydroxylation is 1. The first-order chi connectivity index (χ1) is 6.43. The highest BCUT2D eigenvalue weighted by atomic mass is 16.2. The Morgan fingerprint density at radius 2 is 1.93 bits per heavy atom. The number of rotatable bonds is 2. The zero-order valence-corrected chi connectivity index (χ0v) is 7.88. The van der Waals surface area contributed by atoms with E-state index in [1.165, 1.54) is 13.0 Å². The van der Waals surface area contributed by atoms with Gasteiger partial charge in [-0.1, -0.05) is 0 Å². The summed E-state index contributed by atoms with van der Waals surface area (Å²) in [5, 5.41) is 0. The molecule has 0 saturated carbocycles. The number of aromatic nitrogens is 1. The van der Waals surface area contributed by atoms with E-state index in [1.807, 2.05) is 0 Å². The first-order valence-corrected chi connectivity index (χ1v) is 3.98. The van der Waals surface area contributed by atoms with Gasteiger partial charge in [0.25, 0.3) is 11.5 Å². The SMILES string of the molecule is CC(=O)c1cc(C(N)=O)c(=O)[nH]c1C. The number of hydrogen-bond donors (Lipinski definition) is 2. The van der Waals surface area contributed by atoms with Crippen LogP contribution < -0.4 is 11.3 Å². The summed E-state index contributed by atoms with van der Waals surface area (Å²) >= 11 is 0. The van der Waals surface area contributed by atoms with Gasteiger partial charge in [-0.05, 0) is 19.9 Å². The van der Waals surface area contributed by atoms with Crippen LogP contribution in [0.15, 0.2) is 10.9 Å². The quantitative estimate of drug-likeness (QED) is 0.648. The molecule has 1 amide bonds. The first kappa shape index (κ1) is 10.2. The summed E-state index contributed by atoms with van der Waals surface area (Å²) in [4.78, 5) is 35.5. The predicted octanol–water partition coefficient (Wildman–Crippen LogP) is -0.0152. The Labute approximate surface area is 79.9 Å². The Kier molecular flexibility index (Phi) is 2.51. The molecule has 5 heteroatoms. The second-order valence-electron chi connectivity index (χ2n) is 2.97. The number of ketones is 1. The third kappa shape index (κ3) is 1.71. The molecule has 3 N–H and O–H groups in total. The van der Waals surface area contributed by atoms with E-state index in [0.717, 1.165) is 0 Å². The van der Waals surface area contributed by atoms with Gasteiger partial charge in [0, 0.05) is 11.3 Å². The van der Waals surface area contributed by atoms with Gasteiger partial charge in [0.2, 0.25) is 0 Å². The van der Waals surface area contributed by atoms with Gasteiger partial charge in [-0.2, -0.15) is 0 Å². The number of primary amides is 1. The van der Waals surface area contributed by atoms with Crippen molar-refractivity contribution in [2.24, 2.45) is 5.73 Å². The molecule has 1 aromatic rings. The summed E-state index contributed by atoms with van der Waals surface area (Å²) in [7, 11) is 0. The molecule has 0 fully saturated rings. The van der Waals surface area contributed by atoms with E-state index < -0.39 is 11.5 Å². The molecule has 0 radical (unpaired) electrons. The van der Waals surface area contributed by atoms with Gasteiger partial charge < -0.3 is 10.7 Å². The maximum absolute atomic E-state index is 11.2. The number of carbonyl (C=O) groups excluding carboxylic acids is 2. The topological polar surface area (TPSA) is 93.0 Å². The van der Waals surface area contributed by atoms with E-state index in [9.17, 15) is 14.4 Å². The summed E-state index contributed by atoms with van der Waals surface area (Å²) in [5.74, 6) is -1.06. The number of H-pyrrole nitrogens is 1. The molecule has 1 heterocycles. The average Bonchev–Trinajstić information content (AvgIpc) is 2.02. The molecule has 0 bridgehead atoms. The second-order valence-corrected chi connectivity index (χ2v) is 2.97. The lowest BCUT2D eigenvalue weighted by atomic mass is 10.1. The maximum atomic E-state index is 11.2. The normalized spacial score (nSPS) is 9.86. The molecular weight excluding hydrogens is 184 g/mol. The minimum absolute atomic E-state index is 0.194. The predicted molar refractivity (Wildman–Crippen MR) is 50.3 cm³/mol. The van der Waals surface area contributed by atoms with Gasteiger partial charge in [-0.3, -0.25) is 14.4 Å². The molecule has 1 aromatic heterocycles. The third-order valence-corrected chi connectivity index (χ3v) is 1.88. The summed E-state index contributed by atoms with van der Waals surface area (Å²) in [6.07, 6.45) is 0. The van der Waals surface area contributed by atoms with E-state index in [2.05, 4.69) is 4.98 Å². The number of Topliss-reactive ketones (excluding diaryl/α,β-unsaturated/α-hetero) is 1. The summed E-state index contributed by atoms with van der Waals surface area (Å²) in [6.45, 7) is 2.94. The van der Waals surface area contributed by atoms with Crippen LogP contribution in [-0.2, 0) is 0 Å². The number of aromatic amines is 1. The lowest BCUT2D eigenvalue weighted by Crippen LogP contribution is -2.25. The Hall–Kier alpha value is -1.91. The maximum Gasteiger partial charge on any atom is 0.261 e. The fraction of sp³-hybridized carbons (Fsp3) is 0.222. The van der Waals surface area contributed by atoms with Crippen molar-refractivity contribution in [3.63, 3.8) is 0 Å². The fourth-order valence-electron chi connectivity index (χ4n) is 1.17. The molecule has 0 saturated heterocycles. The van der Waals surface area contributed by atoms with Gasteiger partial charge in [0.05, 0.1) is 0 Å². The van der Waals surface area contributed by atoms with Crippen LogP contribution in [-0.4, -0.2) is 16.7 Å². The highest BCUT2D eigenvalue weighted by Gasteiger charge is 2.12. The van der Waals surface area contributed by atoms with E-state index in [0.29, 0.717) is 11.3 Å². The summed E-state index contributed by atoms with van der Waals surface area (Å²) in [6, 6.07) is 1.22. The summed E-state index contributed by atoms with van der Waals surface area (Å²) in [5.41, 5.74) is 4.94. The van der Waals surface area contributed by atoms with Crippen molar-refractivity contribution < 1.29 is 9.59 Å². The number of carbonyl (C=O) groups is 2. The zero-order chi connectivity index (χ0) is 10.9. The standard InChI is InChI=1S/C9H10N2O3/c1-4-6(5(2)12)3-7(8(10)13)9(14)11-4/h3H,1-2H3,(H2,10,13)(H,11,14). The van der Waals surface area contributed by atoms with Gasteiger partial charge in [0.15, 0.2) is 5.78 Å². The molecule has 0 aromatic carbocycles.